The Bertz CT molecular complexity index is 1180. The third-order valence-electron chi connectivity index (χ3n) is 5.46. The average molecular weight is 435 g/mol. The Kier molecular flexibility index (Phi) is 5.35. The molecule has 4 aromatic rings. The van der Waals surface area contributed by atoms with Gasteiger partial charge in [0, 0.05) is 32.2 Å². The number of thiophene rings is 1. The van der Waals surface area contributed by atoms with Crippen molar-refractivity contribution in [3.63, 3.8) is 0 Å². The zero-order valence-corrected chi connectivity index (χ0v) is 17.9. The van der Waals surface area contributed by atoms with Crippen molar-refractivity contribution >= 4 is 39.1 Å². The summed E-state index contributed by atoms with van der Waals surface area (Å²) in [5.74, 6) is 1.94. The van der Waals surface area contributed by atoms with Crippen LogP contribution in [0.1, 0.15) is 17.4 Å². The molecule has 1 saturated heterocycles. The summed E-state index contributed by atoms with van der Waals surface area (Å²) in [6, 6.07) is 13.2. The Morgan fingerprint density at radius 2 is 1.94 bits per heavy atom. The van der Waals surface area contributed by atoms with Crippen molar-refractivity contribution in [2.24, 2.45) is 0 Å². The van der Waals surface area contributed by atoms with Gasteiger partial charge >= 0.3 is 0 Å². The topological polar surface area (TPSA) is 87.4 Å². The first-order valence-electron chi connectivity index (χ1n) is 10.2. The molecule has 0 spiro atoms. The molecule has 1 atom stereocenters. The molecule has 31 heavy (non-hydrogen) atoms. The molecule has 5 rings (SSSR count). The molecule has 3 aromatic heterocycles. The number of rotatable bonds is 5. The summed E-state index contributed by atoms with van der Waals surface area (Å²) >= 11 is 1.62. The molecule has 0 bridgehead atoms. The van der Waals surface area contributed by atoms with Gasteiger partial charge in [0.05, 0.1) is 5.39 Å². The number of nitrogens with zero attached hydrogens (tertiary/aromatic N) is 5. The van der Waals surface area contributed by atoms with Gasteiger partial charge in [0.2, 0.25) is 5.91 Å². The number of hydrogen-bond donors (Lipinski definition) is 1. The van der Waals surface area contributed by atoms with E-state index in [1.165, 1.54) is 0 Å². The van der Waals surface area contributed by atoms with Crippen molar-refractivity contribution in [1.29, 1.82) is 0 Å². The van der Waals surface area contributed by atoms with Crippen LogP contribution in [0.25, 0.3) is 10.2 Å². The number of fused-ring (bicyclic) bond motifs is 1. The van der Waals surface area contributed by atoms with Crippen LogP contribution < -0.4 is 10.2 Å². The first kappa shape index (κ1) is 19.7. The molecular formula is C22H22N6O2S. The first-order chi connectivity index (χ1) is 15.2. The maximum absolute atomic E-state index is 13.2. The summed E-state index contributed by atoms with van der Waals surface area (Å²) in [6.07, 6.45) is 1.63. The van der Waals surface area contributed by atoms with Gasteiger partial charge in [-0.15, -0.1) is 11.3 Å². The number of anilines is 2. The van der Waals surface area contributed by atoms with Crippen LogP contribution in [0.15, 0.2) is 58.7 Å². The van der Waals surface area contributed by atoms with Gasteiger partial charge in [-0.25, -0.2) is 9.97 Å². The molecule has 158 valence electrons. The summed E-state index contributed by atoms with van der Waals surface area (Å²) in [6.45, 7) is 4.83. The lowest BCUT2D eigenvalue weighted by atomic mass is 10.0. The molecular weight excluding hydrogens is 412 g/mol. The van der Waals surface area contributed by atoms with Crippen LogP contribution >= 0.6 is 11.3 Å². The molecule has 1 aromatic carbocycles. The number of carbonyl (C=O) groups is 1. The molecule has 4 heterocycles. The predicted octanol–water partition coefficient (Wildman–Crippen LogP) is 3.49. The maximum Gasteiger partial charge on any atom is 0.247 e. The van der Waals surface area contributed by atoms with Gasteiger partial charge < -0.3 is 14.7 Å². The standard InChI is InChI=1S/C22H22N6O2S/c1-15-13-18(26-30-15)25-21(29)19(16-5-3-2-4-6-16)27-8-10-28(11-9-27)20-17-7-12-31-22(17)24-14-23-20/h2-7,12-14,19H,8-11H2,1H3,(H,25,26,29). The lowest BCUT2D eigenvalue weighted by Gasteiger charge is -2.39. The molecule has 1 unspecified atom stereocenters. The Morgan fingerprint density at radius 3 is 2.68 bits per heavy atom. The number of aromatic nitrogens is 3. The van der Waals surface area contributed by atoms with Gasteiger partial charge in [-0.3, -0.25) is 9.69 Å². The van der Waals surface area contributed by atoms with Crippen LogP contribution in [0.5, 0.6) is 0 Å². The molecule has 0 aliphatic carbocycles. The van der Waals surface area contributed by atoms with E-state index < -0.39 is 6.04 Å². The van der Waals surface area contributed by atoms with Gasteiger partial charge in [0.25, 0.3) is 0 Å². The Balaban J connectivity index is 1.35. The summed E-state index contributed by atoms with van der Waals surface area (Å²) in [5, 5.41) is 9.93. The van der Waals surface area contributed by atoms with Crippen molar-refractivity contribution in [2.75, 3.05) is 36.4 Å². The van der Waals surface area contributed by atoms with Crippen molar-refractivity contribution in [1.82, 2.24) is 20.0 Å². The Hall–Kier alpha value is -3.30. The summed E-state index contributed by atoms with van der Waals surface area (Å²) in [5.41, 5.74) is 0.955. The van der Waals surface area contributed by atoms with Crippen LogP contribution in [0.3, 0.4) is 0 Å². The lowest BCUT2D eigenvalue weighted by molar-refractivity contribution is -0.121. The molecule has 0 saturated carbocycles. The number of nitrogens with one attached hydrogen (secondary N) is 1. The highest BCUT2D eigenvalue weighted by molar-refractivity contribution is 7.16. The van der Waals surface area contributed by atoms with Crippen LogP contribution in [-0.4, -0.2) is 52.1 Å². The van der Waals surface area contributed by atoms with Crippen molar-refractivity contribution < 1.29 is 9.32 Å². The average Bonchev–Trinajstić information content (AvgIpc) is 3.44. The van der Waals surface area contributed by atoms with E-state index in [9.17, 15) is 4.79 Å². The minimum Gasteiger partial charge on any atom is -0.360 e. The summed E-state index contributed by atoms with van der Waals surface area (Å²) in [4.78, 5) is 27.6. The Labute approximate surface area is 183 Å². The third kappa shape index (κ3) is 4.01. The molecule has 1 aliphatic heterocycles. The van der Waals surface area contributed by atoms with Crippen LogP contribution in [0.4, 0.5) is 11.6 Å². The van der Waals surface area contributed by atoms with E-state index in [-0.39, 0.29) is 5.91 Å². The third-order valence-corrected chi connectivity index (χ3v) is 6.28. The summed E-state index contributed by atoms with van der Waals surface area (Å²) < 4.78 is 5.09. The van der Waals surface area contributed by atoms with E-state index in [1.807, 2.05) is 35.7 Å². The van der Waals surface area contributed by atoms with Crippen molar-refractivity contribution in [2.45, 2.75) is 13.0 Å². The van der Waals surface area contributed by atoms with Crippen molar-refractivity contribution in [3.8, 4) is 0 Å². The predicted molar refractivity (Wildman–Crippen MR) is 120 cm³/mol. The number of benzene rings is 1. The summed E-state index contributed by atoms with van der Waals surface area (Å²) in [7, 11) is 0. The minimum atomic E-state index is -0.410. The SMILES string of the molecule is Cc1cc(NC(=O)C(c2ccccc2)N2CCN(c3ncnc4sccc34)CC2)no1. The molecule has 9 heteroatoms. The highest BCUT2D eigenvalue weighted by Gasteiger charge is 2.31. The molecule has 1 aliphatic rings. The largest absolute Gasteiger partial charge is 0.360 e. The number of carbonyl (C=O) groups excluding carboxylic acids is 1. The quantitative estimate of drug-likeness (QED) is 0.514. The molecule has 1 fully saturated rings. The fourth-order valence-electron chi connectivity index (χ4n) is 4.00. The normalized spacial score (nSPS) is 15.8. The smallest absolute Gasteiger partial charge is 0.247 e. The second-order valence-corrected chi connectivity index (χ2v) is 8.38. The van der Waals surface area contributed by atoms with Crippen molar-refractivity contribution in [3.05, 3.63) is 65.5 Å². The fraction of sp³-hybridized carbons (Fsp3) is 0.273. The highest BCUT2D eigenvalue weighted by Crippen LogP contribution is 2.29. The van der Waals surface area contributed by atoms with E-state index in [4.69, 9.17) is 4.52 Å². The lowest BCUT2D eigenvalue weighted by Crippen LogP contribution is -2.50. The van der Waals surface area contributed by atoms with E-state index in [1.54, 1.807) is 30.7 Å². The molecule has 1 N–H and O–H groups in total. The fourth-order valence-corrected chi connectivity index (χ4v) is 4.73. The van der Waals surface area contributed by atoms with Crippen LogP contribution in [0, 0.1) is 6.92 Å². The van der Waals surface area contributed by atoms with E-state index in [0.29, 0.717) is 11.6 Å². The highest BCUT2D eigenvalue weighted by atomic mass is 32.1. The first-order valence-corrected chi connectivity index (χ1v) is 11.0. The number of piperazine rings is 1. The van der Waals surface area contributed by atoms with Gasteiger partial charge in [-0.05, 0) is 23.9 Å². The minimum absolute atomic E-state index is 0.116. The van der Waals surface area contributed by atoms with E-state index >= 15 is 0 Å². The number of amides is 1. The second-order valence-electron chi connectivity index (χ2n) is 7.48. The zero-order valence-electron chi connectivity index (χ0n) is 17.1. The van der Waals surface area contributed by atoms with Gasteiger partial charge in [0.15, 0.2) is 5.82 Å². The van der Waals surface area contributed by atoms with Gasteiger partial charge in [-0.1, -0.05) is 35.5 Å². The van der Waals surface area contributed by atoms with E-state index in [2.05, 4.69) is 36.3 Å². The number of aryl methyl sites for hydroxylation is 1. The molecule has 0 radical (unpaired) electrons. The van der Waals surface area contributed by atoms with Gasteiger partial charge in [0.1, 0.15) is 28.8 Å². The maximum atomic E-state index is 13.2. The van der Waals surface area contributed by atoms with Crippen LogP contribution in [0.2, 0.25) is 0 Å². The second kappa shape index (κ2) is 8.44. The zero-order chi connectivity index (χ0) is 21.2. The molecule has 8 nitrogen and oxygen atoms in total. The van der Waals surface area contributed by atoms with Gasteiger partial charge in [-0.2, -0.15) is 0 Å². The monoisotopic (exact) mass is 434 g/mol. The van der Waals surface area contributed by atoms with Crippen LogP contribution in [-0.2, 0) is 4.79 Å². The number of hydrogen-bond acceptors (Lipinski definition) is 8. The molecule has 1 amide bonds. The van der Waals surface area contributed by atoms with E-state index in [0.717, 1.165) is 47.8 Å². The Morgan fingerprint density at radius 1 is 1.13 bits per heavy atom.